The molecule has 6 fully saturated rings. The Labute approximate surface area is 814 Å². The average Bonchev–Trinajstić information content (AvgIpc) is 1.50. The van der Waals surface area contributed by atoms with Crippen LogP contribution in [0.15, 0.2) is 90.8 Å². The fourth-order valence-corrected chi connectivity index (χ4v) is 19.2. The molecule has 6 saturated heterocycles. The number of anilines is 1. The number of allylic oxidation sites excluding steroid dienone is 1. The number of carboxylic acid groups (broad SMARTS) is 2. The van der Waals surface area contributed by atoms with Crippen molar-refractivity contribution in [2.24, 2.45) is 45.3 Å². The summed E-state index contributed by atoms with van der Waals surface area (Å²) in [5.41, 5.74) is 7.05. The van der Waals surface area contributed by atoms with Crippen molar-refractivity contribution in [1.29, 1.82) is 0 Å². The number of para-hydroxylation sites is 1. The van der Waals surface area contributed by atoms with Crippen molar-refractivity contribution in [1.82, 2.24) is 64.1 Å². The zero-order chi connectivity index (χ0) is 103. The third-order valence-corrected chi connectivity index (χ3v) is 27.4. The molecule has 3 N–H and O–H groups in total. The molecule has 4 aromatic carbocycles. The van der Waals surface area contributed by atoms with Crippen LogP contribution in [0.25, 0.3) is 27.9 Å². The second kappa shape index (κ2) is 46.1. The molecule has 0 saturated carbocycles. The number of likely N-dealkylation sites (tertiary alicyclic amines) is 4. The minimum atomic E-state index is -5.08. The molecular weight excluding hydrogens is 1820 g/mol. The first-order chi connectivity index (χ1) is 65.6. The summed E-state index contributed by atoms with van der Waals surface area (Å²) >= 11 is 0. The number of hydrogen-bond acceptors (Lipinski definition) is 22. The van der Waals surface area contributed by atoms with Crippen LogP contribution in [0.5, 0.6) is 0 Å². The topological polar surface area (TPSA) is 359 Å². The highest BCUT2D eigenvalue weighted by molar-refractivity contribution is 6.07. The number of rotatable bonds is 21. The van der Waals surface area contributed by atoms with Crippen molar-refractivity contribution in [2.75, 3.05) is 137 Å². The standard InChI is InChI=1S/C50H68N6O7.C48H68N8O7.2C2HF3O2/c1-33-25-34(27-38-30-51-56(44(33)38)32-63-48(61)50(5,6)7)26-37(46(59)55-23-21-53(22-24-55)39-15-17-52(8)18-16-39)29-43(57)54-19-13-35(14-20-54)41-28-36-11-9-10-12-40(36)42(45(41)58)31-62-47(60)49(2,3)4;1-32-25-33(26-36-29-55(50-41(32)36)30-62-44(59)47(2,3)4)27-39(43(58)53-23-21-52(22-24-53)37-15-17-51(8)18-16-37)49-46(61)54-19-13-34(14-20-54)38-28-35-11-9-10-12-40(35)56(42(38)57)31-63-45(60)48(5,6)7;2*3-2(4,5)1(6)7/h9-12,25,27-28,30,35,37,39,42H,13-24,26,29,31-32H2,1-8H3;9-12,25-26,29,34,37-39H,13-24,27-28,30-31H2,1-8H3,(H,49,61);2*(H,6,7)/t37-,42?;38?,39-;;/m01../s1. The molecule has 2 aromatic heterocycles. The number of esters is 4. The van der Waals surface area contributed by atoms with Crippen molar-refractivity contribution in [3.63, 3.8) is 0 Å². The molecule has 6 amide bonds. The number of carbonyl (C=O) groups excluding carboxylic acids is 10. The number of nitrogens with one attached hydrogen (secondary N) is 1. The minimum absolute atomic E-state index is 0.00181. The monoisotopic (exact) mass is 1960 g/mol. The Hall–Kier alpha value is -11.4. The molecule has 38 heteroatoms. The Bertz CT molecular complexity index is 5440. The SMILES string of the molecule is Cc1cc(C[C@@H](CC(=O)N2CCC(C3=Cc4ccccc4C(COC(=O)C(C)(C)C)C3=O)CC2)C(=O)N2CCN(C3CCN(C)CC3)CC2)cc2cnn(COC(=O)C(C)(C)C)c12.Cc1cc(C[C@@H](NC(=O)N2CCC(C3Cc4ccccc4N(COC(=O)C(C)(C)C)C3=O)CC2)C(=O)N2CCN(C3CCN(C)CC3)CC2)cc2cn(COC(=O)C(C)(C)C)nc12.O=C(O)C(F)(F)F.O=C(O)C(F)(F)F. The summed E-state index contributed by atoms with van der Waals surface area (Å²) in [5, 5.41) is 28.4. The van der Waals surface area contributed by atoms with Gasteiger partial charge in [-0.3, -0.25) is 57.9 Å². The Kier molecular flexibility index (Phi) is 35.9. The van der Waals surface area contributed by atoms with Crippen LogP contribution >= 0.6 is 0 Å². The molecule has 0 spiro atoms. The number of alkyl halides is 6. The van der Waals surface area contributed by atoms with E-state index in [2.05, 4.69) is 55.3 Å². The number of carboxylic acids is 2. The van der Waals surface area contributed by atoms with E-state index in [1.807, 2.05) is 149 Å². The van der Waals surface area contributed by atoms with Gasteiger partial charge in [0.25, 0.3) is 0 Å². The summed E-state index contributed by atoms with van der Waals surface area (Å²) in [7, 11) is 4.34. The first-order valence-corrected chi connectivity index (χ1v) is 48.3. The number of Topliss-reactive ketones (excluding diaryl/α,β-unsaturated/α-hetero) is 1. The number of nitrogens with zero attached hydrogens (tertiary/aromatic N) is 13. The number of halogens is 6. The quantitative estimate of drug-likeness (QED) is 0.0342. The molecule has 7 aliphatic heterocycles. The third-order valence-electron chi connectivity index (χ3n) is 27.4. The summed E-state index contributed by atoms with van der Waals surface area (Å²) in [6, 6.07) is 23.7. The van der Waals surface area contributed by atoms with Gasteiger partial charge in [-0.15, -0.1) is 0 Å². The van der Waals surface area contributed by atoms with Gasteiger partial charge in [-0.1, -0.05) is 54.6 Å². The summed E-state index contributed by atoms with van der Waals surface area (Å²) in [6.45, 7) is 37.4. The smallest absolute Gasteiger partial charge is 0.475 e. The van der Waals surface area contributed by atoms with E-state index in [0.717, 1.165) is 150 Å². The van der Waals surface area contributed by atoms with Crippen LogP contribution in [-0.4, -0.2) is 303 Å². The van der Waals surface area contributed by atoms with Crippen LogP contribution in [0.1, 0.15) is 186 Å². The fraction of sp³-hybridized carbons (Fsp3) is 0.608. The number of aliphatic carboxylic acids is 2. The number of ether oxygens (including phenoxy) is 4. The number of benzene rings is 4. The van der Waals surface area contributed by atoms with Crippen LogP contribution in [0, 0.1) is 59.2 Å². The first-order valence-electron chi connectivity index (χ1n) is 48.3. The number of hydrogen-bond donors (Lipinski definition) is 3. The van der Waals surface area contributed by atoms with Gasteiger partial charge < -0.3 is 63.9 Å². The number of piperidine rings is 4. The summed E-state index contributed by atoms with van der Waals surface area (Å²) in [6.07, 6.45) is 3.85. The average molecular weight is 1960 g/mol. The number of ketones is 1. The van der Waals surface area contributed by atoms with E-state index in [4.69, 9.17) is 38.7 Å². The van der Waals surface area contributed by atoms with Crippen molar-refractivity contribution in [2.45, 2.75) is 224 Å². The molecule has 4 atom stereocenters. The van der Waals surface area contributed by atoms with Crippen molar-refractivity contribution in [3.8, 4) is 0 Å². The molecule has 140 heavy (non-hydrogen) atoms. The van der Waals surface area contributed by atoms with E-state index in [0.29, 0.717) is 109 Å². The lowest BCUT2D eigenvalue weighted by molar-refractivity contribution is -0.193. The molecule has 0 radical (unpaired) electrons. The van der Waals surface area contributed by atoms with Crippen LogP contribution in [0.4, 0.5) is 36.8 Å². The Morgan fingerprint density at radius 2 is 0.986 bits per heavy atom. The van der Waals surface area contributed by atoms with Crippen LogP contribution < -0.4 is 10.2 Å². The third kappa shape index (κ3) is 28.8. The lowest BCUT2D eigenvalue weighted by Gasteiger charge is -2.43. The fourth-order valence-electron chi connectivity index (χ4n) is 19.2. The van der Waals surface area contributed by atoms with Gasteiger partial charge in [0.15, 0.2) is 26.0 Å². The van der Waals surface area contributed by atoms with Gasteiger partial charge in [-0.05, 0) is 282 Å². The Morgan fingerprint density at radius 1 is 0.514 bits per heavy atom. The zero-order valence-corrected chi connectivity index (χ0v) is 83.4. The lowest BCUT2D eigenvalue weighted by atomic mass is 9.75. The van der Waals surface area contributed by atoms with Crippen LogP contribution in [0.3, 0.4) is 0 Å². The molecule has 1 aliphatic carbocycles. The highest BCUT2D eigenvalue weighted by Gasteiger charge is 2.45. The van der Waals surface area contributed by atoms with Gasteiger partial charge in [-0.25, -0.2) is 23.7 Å². The van der Waals surface area contributed by atoms with Gasteiger partial charge in [0.05, 0.1) is 56.4 Å². The van der Waals surface area contributed by atoms with E-state index in [1.165, 1.54) is 0 Å². The van der Waals surface area contributed by atoms with E-state index in [1.54, 1.807) is 66.9 Å². The number of aromatic nitrogens is 4. The highest BCUT2D eigenvalue weighted by Crippen LogP contribution is 2.42. The second-order valence-electron chi connectivity index (χ2n) is 42.3. The summed E-state index contributed by atoms with van der Waals surface area (Å²) in [4.78, 5) is 173. The Balaban J connectivity index is 0.000000235. The first kappa shape index (κ1) is 109. The van der Waals surface area contributed by atoms with E-state index >= 15 is 0 Å². The van der Waals surface area contributed by atoms with E-state index in [9.17, 15) is 74.3 Å². The predicted molar refractivity (Wildman–Crippen MR) is 510 cm³/mol. The molecule has 8 aliphatic rings. The maximum Gasteiger partial charge on any atom is 0.490 e. The number of piperazine rings is 2. The molecular formula is C102H138F6N14O18. The Morgan fingerprint density at radius 3 is 1.52 bits per heavy atom. The van der Waals surface area contributed by atoms with Crippen molar-refractivity contribution in [3.05, 3.63) is 130 Å². The second-order valence-corrected chi connectivity index (χ2v) is 42.3. The lowest BCUT2D eigenvalue weighted by Crippen LogP contribution is -2.59. The van der Waals surface area contributed by atoms with Crippen molar-refractivity contribution >= 4 is 105 Å². The molecule has 9 heterocycles. The molecule has 2 unspecified atom stereocenters. The maximum atomic E-state index is 14.6. The zero-order valence-electron chi connectivity index (χ0n) is 83.4. The van der Waals surface area contributed by atoms with Gasteiger partial charge >= 0.3 is 54.2 Å². The van der Waals surface area contributed by atoms with Gasteiger partial charge in [0, 0.05) is 126 Å². The summed E-state index contributed by atoms with van der Waals surface area (Å²) in [5.74, 6) is -8.53. The number of fused-ring (bicyclic) bond motifs is 4. The number of amides is 6. The highest BCUT2D eigenvalue weighted by atomic mass is 19.4. The largest absolute Gasteiger partial charge is 0.490 e. The van der Waals surface area contributed by atoms with E-state index in [-0.39, 0.29) is 110 Å². The molecule has 0 bridgehead atoms. The number of aryl methyl sites for hydroxylation is 2. The molecule has 14 rings (SSSR count). The van der Waals surface area contributed by atoms with Crippen LogP contribution in [-0.2, 0) is 104 Å². The summed E-state index contributed by atoms with van der Waals surface area (Å²) < 4.78 is 89.2. The maximum absolute atomic E-state index is 14.6. The van der Waals surface area contributed by atoms with Crippen molar-refractivity contribution < 1.29 is 113 Å². The molecule has 6 aromatic rings. The van der Waals surface area contributed by atoms with Crippen LogP contribution in [0.2, 0.25) is 0 Å². The normalized spacial score (nSPS) is 19.5. The predicted octanol–water partition coefficient (Wildman–Crippen LogP) is 12.7. The van der Waals surface area contributed by atoms with Gasteiger partial charge in [-0.2, -0.15) is 36.5 Å². The minimum Gasteiger partial charge on any atom is -0.475 e. The van der Waals surface area contributed by atoms with Gasteiger partial charge in [0.1, 0.15) is 12.6 Å². The number of urea groups is 1. The van der Waals surface area contributed by atoms with Gasteiger partial charge in [0.2, 0.25) is 23.6 Å². The molecule has 32 nitrogen and oxygen atoms in total. The van der Waals surface area contributed by atoms with E-state index < -0.39 is 63.8 Å². The molecule has 766 valence electrons. The number of carbonyl (C=O) groups is 12.